The molecule has 4 rings (SSSR count). The number of hydrogen-bond acceptors (Lipinski definition) is 5. The molecule has 1 aliphatic rings. The van der Waals surface area contributed by atoms with Gasteiger partial charge in [-0.1, -0.05) is 30.3 Å². The predicted molar refractivity (Wildman–Crippen MR) is 133 cm³/mol. The van der Waals surface area contributed by atoms with E-state index >= 15 is 0 Å². The average molecular weight is 521 g/mol. The van der Waals surface area contributed by atoms with E-state index in [9.17, 15) is 9.59 Å². The fraction of sp³-hybridized carbons (Fsp3) is 0.115. The van der Waals surface area contributed by atoms with Gasteiger partial charge in [-0.3, -0.25) is 4.79 Å². The van der Waals surface area contributed by atoms with Crippen LogP contribution in [0.3, 0.4) is 0 Å². The molecule has 0 saturated carbocycles. The summed E-state index contributed by atoms with van der Waals surface area (Å²) < 4.78 is 12.2. The zero-order chi connectivity index (χ0) is 24.2. The Bertz CT molecular complexity index is 1300. The SMILES string of the molecule is COc1cc(C=C2C(=O)N(c3ccc(C(=O)O)cc3)N=C2C)cc(Br)c1OCc1ccccc1. The number of carboxylic acid groups (broad SMARTS) is 1. The lowest BCUT2D eigenvalue weighted by Crippen LogP contribution is -2.21. The summed E-state index contributed by atoms with van der Waals surface area (Å²) in [6.07, 6.45) is 1.74. The molecule has 0 atom stereocenters. The monoisotopic (exact) mass is 520 g/mol. The van der Waals surface area contributed by atoms with Crippen LogP contribution in [0.1, 0.15) is 28.4 Å². The summed E-state index contributed by atoms with van der Waals surface area (Å²) in [7, 11) is 1.56. The van der Waals surface area contributed by atoms with Crippen molar-refractivity contribution in [1.29, 1.82) is 0 Å². The van der Waals surface area contributed by atoms with E-state index in [1.165, 1.54) is 17.1 Å². The van der Waals surface area contributed by atoms with E-state index in [0.717, 1.165) is 11.1 Å². The molecule has 0 saturated heterocycles. The van der Waals surface area contributed by atoms with Crippen molar-refractivity contribution in [3.63, 3.8) is 0 Å². The number of nitrogens with zero attached hydrogens (tertiary/aromatic N) is 2. The Hall–Kier alpha value is -3.91. The Balaban J connectivity index is 1.58. The maximum Gasteiger partial charge on any atom is 0.335 e. The van der Waals surface area contributed by atoms with Gasteiger partial charge in [0.2, 0.25) is 0 Å². The minimum absolute atomic E-state index is 0.137. The number of halogens is 1. The van der Waals surface area contributed by atoms with E-state index in [-0.39, 0.29) is 11.5 Å². The van der Waals surface area contributed by atoms with Crippen LogP contribution in [-0.2, 0) is 11.4 Å². The van der Waals surface area contributed by atoms with E-state index in [1.807, 2.05) is 36.4 Å². The molecule has 1 N–H and O–H groups in total. The van der Waals surface area contributed by atoms with Crippen LogP contribution in [0.5, 0.6) is 11.5 Å². The van der Waals surface area contributed by atoms with Gasteiger partial charge in [-0.05, 0) is 76.5 Å². The second-order valence-corrected chi connectivity index (χ2v) is 8.38. The van der Waals surface area contributed by atoms with Gasteiger partial charge >= 0.3 is 5.97 Å². The minimum Gasteiger partial charge on any atom is -0.493 e. The molecule has 1 aliphatic heterocycles. The number of benzene rings is 3. The van der Waals surface area contributed by atoms with Crippen molar-refractivity contribution in [3.8, 4) is 11.5 Å². The van der Waals surface area contributed by atoms with Gasteiger partial charge in [0.1, 0.15) is 6.61 Å². The lowest BCUT2D eigenvalue weighted by atomic mass is 10.1. The third-order valence-electron chi connectivity index (χ3n) is 5.21. The van der Waals surface area contributed by atoms with Crippen molar-refractivity contribution < 1.29 is 24.2 Å². The van der Waals surface area contributed by atoms with Gasteiger partial charge < -0.3 is 14.6 Å². The molecular formula is C26H21BrN2O5. The molecule has 0 radical (unpaired) electrons. The van der Waals surface area contributed by atoms with Crippen molar-refractivity contribution in [1.82, 2.24) is 0 Å². The third kappa shape index (κ3) is 4.87. The van der Waals surface area contributed by atoms with Crippen molar-refractivity contribution in [2.24, 2.45) is 5.10 Å². The van der Waals surface area contributed by atoms with E-state index in [1.54, 1.807) is 38.3 Å². The summed E-state index contributed by atoms with van der Waals surface area (Å²) in [6.45, 7) is 2.13. The second kappa shape index (κ2) is 9.93. The van der Waals surface area contributed by atoms with E-state index in [0.29, 0.717) is 39.6 Å². The lowest BCUT2D eigenvalue weighted by molar-refractivity contribution is -0.114. The van der Waals surface area contributed by atoms with Crippen LogP contribution in [-0.4, -0.2) is 29.8 Å². The zero-order valence-corrected chi connectivity index (χ0v) is 20.1. The fourth-order valence-electron chi connectivity index (χ4n) is 3.46. The maximum atomic E-state index is 13.1. The molecule has 0 aliphatic carbocycles. The normalized spacial score (nSPS) is 14.3. The largest absolute Gasteiger partial charge is 0.493 e. The molecule has 7 nitrogen and oxygen atoms in total. The quantitative estimate of drug-likeness (QED) is 0.413. The number of carbonyl (C=O) groups excluding carboxylic acids is 1. The lowest BCUT2D eigenvalue weighted by Gasteiger charge is -2.14. The molecule has 1 amide bonds. The molecule has 0 bridgehead atoms. The van der Waals surface area contributed by atoms with Crippen LogP contribution in [0, 0.1) is 0 Å². The van der Waals surface area contributed by atoms with Gasteiger partial charge in [-0.2, -0.15) is 10.1 Å². The fourth-order valence-corrected chi connectivity index (χ4v) is 4.04. The first-order valence-electron chi connectivity index (χ1n) is 10.4. The molecule has 172 valence electrons. The van der Waals surface area contributed by atoms with Crippen LogP contribution in [0.15, 0.2) is 81.9 Å². The number of carbonyl (C=O) groups is 2. The summed E-state index contributed by atoms with van der Waals surface area (Å²) in [6, 6.07) is 19.4. The third-order valence-corrected chi connectivity index (χ3v) is 5.80. The first-order chi connectivity index (χ1) is 16.4. The van der Waals surface area contributed by atoms with Gasteiger partial charge in [0.05, 0.1) is 34.1 Å². The van der Waals surface area contributed by atoms with Gasteiger partial charge in [0.15, 0.2) is 11.5 Å². The highest BCUT2D eigenvalue weighted by Crippen LogP contribution is 2.38. The predicted octanol–water partition coefficient (Wildman–Crippen LogP) is 5.54. The Labute approximate surface area is 205 Å². The molecule has 3 aromatic rings. The Morgan fingerprint density at radius 1 is 1.12 bits per heavy atom. The van der Waals surface area contributed by atoms with Gasteiger partial charge in [0.25, 0.3) is 5.91 Å². The van der Waals surface area contributed by atoms with Crippen LogP contribution >= 0.6 is 15.9 Å². The summed E-state index contributed by atoms with van der Waals surface area (Å²) in [5.41, 5.74) is 3.36. The molecule has 0 unspecified atom stereocenters. The van der Waals surface area contributed by atoms with Crippen LogP contribution in [0.4, 0.5) is 5.69 Å². The molecule has 0 fully saturated rings. The number of methoxy groups -OCH3 is 1. The number of ether oxygens (including phenoxy) is 2. The van der Waals surface area contributed by atoms with Crippen LogP contribution < -0.4 is 14.5 Å². The van der Waals surface area contributed by atoms with Crippen molar-refractivity contribution in [3.05, 3.63) is 93.5 Å². The highest BCUT2D eigenvalue weighted by molar-refractivity contribution is 9.10. The van der Waals surface area contributed by atoms with Gasteiger partial charge in [-0.15, -0.1) is 0 Å². The molecule has 1 heterocycles. The molecule has 34 heavy (non-hydrogen) atoms. The second-order valence-electron chi connectivity index (χ2n) is 7.52. The van der Waals surface area contributed by atoms with E-state index in [2.05, 4.69) is 21.0 Å². The highest BCUT2D eigenvalue weighted by Gasteiger charge is 2.29. The molecular weight excluding hydrogens is 500 g/mol. The Morgan fingerprint density at radius 3 is 2.47 bits per heavy atom. The van der Waals surface area contributed by atoms with E-state index < -0.39 is 5.97 Å². The highest BCUT2D eigenvalue weighted by atomic mass is 79.9. The Kier molecular flexibility index (Phi) is 6.79. The summed E-state index contributed by atoms with van der Waals surface area (Å²) >= 11 is 3.55. The van der Waals surface area contributed by atoms with Crippen LogP contribution in [0.2, 0.25) is 0 Å². The number of rotatable bonds is 7. The molecule has 3 aromatic carbocycles. The van der Waals surface area contributed by atoms with Crippen LogP contribution in [0.25, 0.3) is 6.08 Å². The number of hydrogen-bond donors (Lipinski definition) is 1. The summed E-state index contributed by atoms with van der Waals surface area (Å²) in [4.78, 5) is 24.1. The van der Waals surface area contributed by atoms with Gasteiger partial charge in [0, 0.05) is 0 Å². The Morgan fingerprint density at radius 2 is 1.82 bits per heavy atom. The van der Waals surface area contributed by atoms with Crippen molar-refractivity contribution >= 4 is 45.3 Å². The smallest absolute Gasteiger partial charge is 0.335 e. The van der Waals surface area contributed by atoms with E-state index in [4.69, 9.17) is 14.6 Å². The molecule has 8 heteroatoms. The molecule has 0 spiro atoms. The number of anilines is 1. The van der Waals surface area contributed by atoms with Crippen molar-refractivity contribution in [2.45, 2.75) is 13.5 Å². The first kappa shape index (κ1) is 23.3. The van der Waals surface area contributed by atoms with Crippen molar-refractivity contribution in [2.75, 3.05) is 12.1 Å². The number of carboxylic acids is 1. The summed E-state index contributed by atoms with van der Waals surface area (Å²) in [5.74, 6) is -0.245. The van der Waals surface area contributed by atoms with Gasteiger partial charge in [-0.25, -0.2) is 4.79 Å². The topological polar surface area (TPSA) is 88.4 Å². The maximum absolute atomic E-state index is 13.1. The number of aromatic carboxylic acids is 1. The standard InChI is InChI=1S/C26H21BrN2O5/c1-16-21(25(30)29(28-16)20-10-8-19(9-11-20)26(31)32)12-18-13-22(27)24(23(14-18)33-2)34-15-17-6-4-3-5-7-17/h3-14H,15H2,1-2H3,(H,31,32). The average Bonchev–Trinajstić information content (AvgIpc) is 3.12. The number of amides is 1. The summed E-state index contributed by atoms with van der Waals surface area (Å²) in [5, 5.41) is 14.7. The number of hydrazone groups is 1. The first-order valence-corrected chi connectivity index (χ1v) is 11.2. The molecule has 0 aromatic heterocycles. The zero-order valence-electron chi connectivity index (χ0n) is 18.5. The minimum atomic E-state index is -1.03.